The Bertz CT molecular complexity index is 458. The van der Waals surface area contributed by atoms with Crippen LogP contribution in [0.2, 0.25) is 0 Å². The SMILES string of the molecule is C=N/C(=C\C)C(=O)c1ccc(C(F)(F)F)cc1. The number of carbonyl (C=O) groups is 1. The molecule has 5 heteroatoms. The molecular formula is C12H10F3NO. The highest BCUT2D eigenvalue weighted by Gasteiger charge is 2.30. The smallest absolute Gasteiger partial charge is 0.287 e. The molecule has 2 nitrogen and oxygen atoms in total. The Labute approximate surface area is 96.5 Å². The number of alkyl halides is 3. The fraction of sp³-hybridized carbons (Fsp3) is 0.167. The molecule has 90 valence electrons. The Morgan fingerprint density at radius 3 is 2.18 bits per heavy atom. The molecule has 0 amide bonds. The molecule has 0 N–H and O–H groups in total. The van der Waals surface area contributed by atoms with E-state index in [2.05, 4.69) is 11.7 Å². The summed E-state index contributed by atoms with van der Waals surface area (Å²) in [5.74, 6) is -0.448. The highest BCUT2D eigenvalue weighted by atomic mass is 19.4. The van der Waals surface area contributed by atoms with Crippen LogP contribution in [0, 0.1) is 0 Å². The lowest BCUT2D eigenvalue weighted by atomic mass is 10.1. The van der Waals surface area contributed by atoms with Gasteiger partial charge in [0.25, 0.3) is 0 Å². The minimum atomic E-state index is -4.40. The second kappa shape index (κ2) is 4.95. The third-order valence-electron chi connectivity index (χ3n) is 2.15. The molecule has 0 unspecified atom stereocenters. The molecule has 0 fully saturated rings. The summed E-state index contributed by atoms with van der Waals surface area (Å²) in [6, 6.07) is 3.98. The van der Waals surface area contributed by atoms with Gasteiger partial charge in [-0.25, -0.2) is 0 Å². The lowest BCUT2D eigenvalue weighted by Crippen LogP contribution is -2.06. The van der Waals surface area contributed by atoms with Crippen LogP contribution in [0.3, 0.4) is 0 Å². The van der Waals surface area contributed by atoms with Crippen molar-refractivity contribution >= 4 is 12.5 Å². The summed E-state index contributed by atoms with van der Waals surface area (Å²) < 4.78 is 36.9. The van der Waals surface area contributed by atoms with Gasteiger partial charge in [0.1, 0.15) is 5.70 Å². The number of aliphatic imine (C=N–C) groups is 1. The molecule has 1 aromatic rings. The maximum Gasteiger partial charge on any atom is 0.416 e. The molecular weight excluding hydrogens is 231 g/mol. The van der Waals surface area contributed by atoms with Crippen molar-refractivity contribution in [3.05, 3.63) is 47.2 Å². The van der Waals surface area contributed by atoms with Gasteiger partial charge in [-0.15, -0.1) is 0 Å². The van der Waals surface area contributed by atoms with Crippen molar-refractivity contribution in [3.63, 3.8) is 0 Å². The monoisotopic (exact) mass is 241 g/mol. The second-order valence-electron chi connectivity index (χ2n) is 3.24. The fourth-order valence-electron chi connectivity index (χ4n) is 1.25. The van der Waals surface area contributed by atoms with Gasteiger partial charge in [-0.3, -0.25) is 9.79 Å². The summed E-state index contributed by atoms with van der Waals surface area (Å²) in [6.45, 7) is 4.82. The first-order chi connectivity index (χ1) is 7.90. The Morgan fingerprint density at radius 1 is 1.29 bits per heavy atom. The van der Waals surface area contributed by atoms with Crippen molar-refractivity contribution in [2.24, 2.45) is 4.99 Å². The molecule has 0 aromatic heterocycles. The number of carbonyl (C=O) groups excluding carboxylic acids is 1. The van der Waals surface area contributed by atoms with Gasteiger partial charge in [0.15, 0.2) is 0 Å². The van der Waals surface area contributed by atoms with Crippen molar-refractivity contribution in [2.75, 3.05) is 0 Å². The largest absolute Gasteiger partial charge is 0.416 e. The van der Waals surface area contributed by atoms with Gasteiger partial charge >= 0.3 is 6.18 Å². The Balaban J connectivity index is 3.04. The van der Waals surface area contributed by atoms with E-state index in [9.17, 15) is 18.0 Å². The van der Waals surface area contributed by atoms with Gasteiger partial charge in [-0.1, -0.05) is 18.2 Å². The van der Waals surface area contributed by atoms with Gasteiger partial charge in [-0.2, -0.15) is 13.2 Å². The van der Waals surface area contributed by atoms with E-state index in [1.54, 1.807) is 6.92 Å². The quantitative estimate of drug-likeness (QED) is 0.452. The van der Waals surface area contributed by atoms with Crippen molar-refractivity contribution in [1.29, 1.82) is 0 Å². The zero-order valence-electron chi connectivity index (χ0n) is 9.08. The standard InChI is InChI=1S/C12H10F3NO/c1-3-10(16-2)11(17)8-4-6-9(7-5-8)12(13,14)15/h3-7H,2H2,1H3/b10-3-. The minimum Gasteiger partial charge on any atom is -0.287 e. The van der Waals surface area contributed by atoms with E-state index in [1.807, 2.05) is 0 Å². The first-order valence-electron chi connectivity index (χ1n) is 4.75. The number of nitrogens with zero attached hydrogens (tertiary/aromatic N) is 1. The van der Waals surface area contributed by atoms with Gasteiger partial charge in [0.2, 0.25) is 5.78 Å². The average molecular weight is 241 g/mol. The molecule has 0 atom stereocenters. The number of benzene rings is 1. The van der Waals surface area contributed by atoms with Crippen molar-refractivity contribution in [2.45, 2.75) is 13.1 Å². The third kappa shape index (κ3) is 3.03. The van der Waals surface area contributed by atoms with E-state index < -0.39 is 17.5 Å². The van der Waals surface area contributed by atoms with Crippen LogP contribution in [-0.4, -0.2) is 12.5 Å². The zero-order valence-corrected chi connectivity index (χ0v) is 9.08. The summed E-state index contributed by atoms with van der Waals surface area (Å²) in [6.07, 6.45) is -2.95. The van der Waals surface area contributed by atoms with Crippen LogP contribution in [-0.2, 0) is 6.18 Å². The van der Waals surface area contributed by atoms with Crippen LogP contribution in [0.5, 0.6) is 0 Å². The summed E-state index contributed by atoms with van der Waals surface area (Å²) in [4.78, 5) is 15.2. The van der Waals surface area contributed by atoms with E-state index >= 15 is 0 Å². The van der Waals surface area contributed by atoms with E-state index in [0.29, 0.717) is 0 Å². The number of hydrogen-bond acceptors (Lipinski definition) is 2. The average Bonchev–Trinajstić information content (AvgIpc) is 2.29. The summed E-state index contributed by atoms with van der Waals surface area (Å²) in [5, 5.41) is 0. The number of halogens is 3. The van der Waals surface area contributed by atoms with Gasteiger partial charge < -0.3 is 0 Å². The molecule has 0 bridgehead atoms. The van der Waals surface area contributed by atoms with Crippen molar-refractivity contribution in [1.82, 2.24) is 0 Å². The van der Waals surface area contributed by atoms with E-state index in [4.69, 9.17) is 0 Å². The highest BCUT2D eigenvalue weighted by Crippen LogP contribution is 2.29. The third-order valence-corrected chi connectivity index (χ3v) is 2.15. The molecule has 0 aliphatic carbocycles. The topological polar surface area (TPSA) is 29.4 Å². The second-order valence-corrected chi connectivity index (χ2v) is 3.24. The molecule has 1 rings (SSSR count). The van der Waals surface area contributed by atoms with Crippen molar-refractivity contribution in [3.8, 4) is 0 Å². The van der Waals surface area contributed by atoms with Crippen LogP contribution < -0.4 is 0 Å². The molecule has 0 spiro atoms. The molecule has 0 heterocycles. The lowest BCUT2D eigenvalue weighted by Gasteiger charge is -2.07. The fourth-order valence-corrected chi connectivity index (χ4v) is 1.25. The van der Waals surface area contributed by atoms with Crippen LogP contribution >= 0.6 is 0 Å². The first-order valence-corrected chi connectivity index (χ1v) is 4.75. The number of Topliss-reactive ketones (excluding diaryl/α,β-unsaturated/α-hetero) is 1. The van der Waals surface area contributed by atoms with Crippen LogP contribution in [0.1, 0.15) is 22.8 Å². The first kappa shape index (κ1) is 13.2. The molecule has 1 aromatic carbocycles. The van der Waals surface area contributed by atoms with Crippen LogP contribution in [0.4, 0.5) is 13.2 Å². The summed E-state index contributed by atoms with van der Waals surface area (Å²) in [7, 11) is 0. The van der Waals surface area contributed by atoms with Crippen LogP contribution in [0.15, 0.2) is 41.0 Å². The summed E-state index contributed by atoms with van der Waals surface area (Å²) in [5.41, 5.74) is -0.522. The Morgan fingerprint density at radius 2 is 1.82 bits per heavy atom. The lowest BCUT2D eigenvalue weighted by molar-refractivity contribution is -0.137. The normalized spacial score (nSPS) is 12.4. The predicted molar refractivity (Wildman–Crippen MR) is 59.1 cm³/mol. The van der Waals surface area contributed by atoms with Crippen molar-refractivity contribution < 1.29 is 18.0 Å². The number of ketones is 1. The summed E-state index contributed by atoms with van der Waals surface area (Å²) >= 11 is 0. The van der Waals surface area contributed by atoms with E-state index in [0.717, 1.165) is 24.3 Å². The van der Waals surface area contributed by atoms with Gasteiger partial charge in [-0.05, 0) is 25.8 Å². The van der Waals surface area contributed by atoms with E-state index in [1.165, 1.54) is 6.08 Å². The number of allylic oxidation sites excluding steroid dienone is 2. The maximum atomic E-state index is 12.3. The molecule has 0 radical (unpaired) electrons. The maximum absolute atomic E-state index is 12.3. The molecule has 0 saturated carbocycles. The molecule has 17 heavy (non-hydrogen) atoms. The van der Waals surface area contributed by atoms with Crippen LogP contribution in [0.25, 0.3) is 0 Å². The van der Waals surface area contributed by atoms with E-state index in [-0.39, 0.29) is 11.3 Å². The Kier molecular flexibility index (Phi) is 3.83. The molecule has 0 saturated heterocycles. The van der Waals surface area contributed by atoms with Gasteiger partial charge in [0, 0.05) is 5.56 Å². The number of rotatable bonds is 3. The highest BCUT2D eigenvalue weighted by molar-refractivity contribution is 6.08. The van der Waals surface area contributed by atoms with Gasteiger partial charge in [0.05, 0.1) is 5.56 Å². The molecule has 0 aliphatic heterocycles. The number of hydrogen-bond donors (Lipinski definition) is 0. The zero-order chi connectivity index (χ0) is 13.1. The predicted octanol–water partition coefficient (Wildman–Crippen LogP) is 3.49. The minimum absolute atomic E-state index is 0.116. The Hall–Kier alpha value is -1.91. The molecule has 0 aliphatic rings.